The van der Waals surface area contributed by atoms with Crippen molar-refractivity contribution in [2.24, 2.45) is 4.99 Å². The number of rotatable bonds is 5. The monoisotopic (exact) mass is 488 g/mol. The Morgan fingerprint density at radius 2 is 2.04 bits per heavy atom. The lowest BCUT2D eigenvalue weighted by molar-refractivity contribution is -0.0566. The van der Waals surface area contributed by atoms with E-state index in [0.29, 0.717) is 38.6 Å². The lowest BCUT2D eigenvalue weighted by atomic mass is 9.95. The normalized spacial score (nSPS) is 22.7. The number of hydrogen-bond donors (Lipinski definition) is 3. The molecule has 152 valence electrons. The van der Waals surface area contributed by atoms with Gasteiger partial charge in [-0.15, -0.1) is 24.0 Å². The van der Waals surface area contributed by atoms with E-state index in [0.717, 1.165) is 38.4 Å². The molecule has 0 saturated carbocycles. The molecule has 7 heteroatoms. The van der Waals surface area contributed by atoms with E-state index in [1.807, 2.05) is 0 Å². The third-order valence-corrected chi connectivity index (χ3v) is 5.18. The standard InChI is InChI=1S/C20H32N4O2.HI/c1-2-21-19(22-16-20(25)10-13-26-14-11-20)23-17-7-6-12-24(15-17)18-8-4-3-5-9-18;/h3-5,8-9,17,25H,2,6-7,10-16H2,1H3,(H2,21,22,23);1H. The average molecular weight is 488 g/mol. The highest BCUT2D eigenvalue weighted by Crippen LogP contribution is 2.21. The van der Waals surface area contributed by atoms with E-state index in [4.69, 9.17) is 4.74 Å². The summed E-state index contributed by atoms with van der Waals surface area (Å²) in [4.78, 5) is 7.10. The Morgan fingerprint density at radius 1 is 1.30 bits per heavy atom. The van der Waals surface area contributed by atoms with Crippen LogP contribution in [0.5, 0.6) is 0 Å². The van der Waals surface area contributed by atoms with Gasteiger partial charge in [0.05, 0.1) is 12.1 Å². The van der Waals surface area contributed by atoms with Gasteiger partial charge in [-0.05, 0) is 31.9 Å². The number of ether oxygens (including phenoxy) is 1. The van der Waals surface area contributed by atoms with E-state index in [-0.39, 0.29) is 24.0 Å². The van der Waals surface area contributed by atoms with E-state index >= 15 is 0 Å². The van der Waals surface area contributed by atoms with Crippen molar-refractivity contribution in [3.63, 3.8) is 0 Å². The highest BCUT2D eigenvalue weighted by atomic mass is 127. The van der Waals surface area contributed by atoms with Crippen LogP contribution in [0.15, 0.2) is 35.3 Å². The maximum atomic E-state index is 10.6. The van der Waals surface area contributed by atoms with Gasteiger partial charge >= 0.3 is 0 Å². The predicted octanol–water partition coefficient (Wildman–Crippen LogP) is 2.37. The number of para-hydroxylation sites is 1. The van der Waals surface area contributed by atoms with Crippen molar-refractivity contribution in [1.29, 1.82) is 0 Å². The first-order valence-electron chi connectivity index (χ1n) is 9.83. The van der Waals surface area contributed by atoms with Crippen molar-refractivity contribution >= 4 is 35.6 Å². The van der Waals surface area contributed by atoms with Gasteiger partial charge in [0.25, 0.3) is 0 Å². The van der Waals surface area contributed by atoms with Crippen LogP contribution < -0.4 is 15.5 Å². The minimum absolute atomic E-state index is 0. The smallest absolute Gasteiger partial charge is 0.191 e. The number of hydrogen-bond acceptors (Lipinski definition) is 4. The Morgan fingerprint density at radius 3 is 2.74 bits per heavy atom. The van der Waals surface area contributed by atoms with E-state index < -0.39 is 5.60 Å². The van der Waals surface area contributed by atoms with Crippen molar-refractivity contribution in [3.05, 3.63) is 30.3 Å². The van der Waals surface area contributed by atoms with Gasteiger partial charge in [0.2, 0.25) is 0 Å². The molecule has 2 heterocycles. The van der Waals surface area contributed by atoms with Crippen LogP contribution >= 0.6 is 24.0 Å². The van der Waals surface area contributed by atoms with Crippen molar-refractivity contribution in [2.75, 3.05) is 44.3 Å². The van der Waals surface area contributed by atoms with Crippen LogP contribution in [0.3, 0.4) is 0 Å². The first-order valence-corrected chi connectivity index (χ1v) is 9.83. The molecule has 3 N–H and O–H groups in total. The number of nitrogens with zero attached hydrogens (tertiary/aromatic N) is 2. The van der Waals surface area contributed by atoms with Gasteiger partial charge in [0.15, 0.2) is 5.96 Å². The lowest BCUT2D eigenvalue weighted by Crippen LogP contribution is -2.52. The molecule has 2 fully saturated rings. The first-order chi connectivity index (χ1) is 12.7. The van der Waals surface area contributed by atoms with Crippen LogP contribution in [-0.4, -0.2) is 62.1 Å². The lowest BCUT2D eigenvalue weighted by Gasteiger charge is -2.35. The molecule has 3 rings (SSSR count). The summed E-state index contributed by atoms with van der Waals surface area (Å²) in [6, 6.07) is 10.9. The van der Waals surface area contributed by atoms with E-state index in [9.17, 15) is 5.11 Å². The van der Waals surface area contributed by atoms with E-state index in [1.165, 1.54) is 5.69 Å². The summed E-state index contributed by atoms with van der Waals surface area (Å²) < 4.78 is 5.35. The third-order valence-electron chi connectivity index (χ3n) is 5.18. The second-order valence-electron chi connectivity index (χ2n) is 7.30. The highest BCUT2D eigenvalue weighted by molar-refractivity contribution is 14.0. The minimum Gasteiger partial charge on any atom is -0.388 e. The Balaban J connectivity index is 0.00000261. The average Bonchev–Trinajstić information content (AvgIpc) is 2.68. The van der Waals surface area contributed by atoms with Crippen molar-refractivity contribution < 1.29 is 9.84 Å². The van der Waals surface area contributed by atoms with Gasteiger partial charge in [0, 0.05) is 57.4 Å². The topological polar surface area (TPSA) is 69.1 Å². The minimum atomic E-state index is -0.733. The summed E-state index contributed by atoms with van der Waals surface area (Å²) in [6.07, 6.45) is 3.60. The summed E-state index contributed by atoms with van der Waals surface area (Å²) >= 11 is 0. The number of nitrogens with one attached hydrogen (secondary N) is 2. The van der Waals surface area contributed by atoms with Gasteiger partial charge in [-0.25, -0.2) is 0 Å². The zero-order valence-electron chi connectivity index (χ0n) is 16.2. The molecule has 0 aromatic heterocycles. The molecule has 0 spiro atoms. The van der Waals surface area contributed by atoms with Crippen LogP contribution in [0, 0.1) is 0 Å². The zero-order chi connectivity index (χ0) is 18.2. The van der Waals surface area contributed by atoms with Crippen molar-refractivity contribution in [1.82, 2.24) is 10.6 Å². The Labute approximate surface area is 179 Å². The molecule has 0 radical (unpaired) electrons. The number of guanidine groups is 1. The molecule has 2 saturated heterocycles. The van der Waals surface area contributed by atoms with Crippen LogP contribution in [0.2, 0.25) is 0 Å². The Hall–Kier alpha value is -1.06. The summed E-state index contributed by atoms with van der Waals surface area (Å²) in [5.74, 6) is 0.798. The van der Waals surface area contributed by atoms with E-state index in [1.54, 1.807) is 0 Å². The number of piperidine rings is 1. The number of halogens is 1. The SMILES string of the molecule is CCNC(=NCC1(O)CCOCC1)NC1CCCN(c2ccccc2)C1.I. The molecule has 2 aliphatic rings. The van der Waals surface area contributed by atoms with Crippen molar-refractivity contribution in [2.45, 2.75) is 44.2 Å². The number of benzene rings is 1. The molecular weight excluding hydrogens is 455 g/mol. The fourth-order valence-electron chi connectivity index (χ4n) is 3.62. The largest absolute Gasteiger partial charge is 0.388 e. The van der Waals surface area contributed by atoms with Crippen molar-refractivity contribution in [3.8, 4) is 0 Å². The molecule has 1 unspecified atom stereocenters. The number of aliphatic hydroxyl groups is 1. The molecule has 0 aliphatic carbocycles. The second kappa shape index (κ2) is 11.1. The van der Waals surface area contributed by atoms with Crippen LogP contribution in [0.1, 0.15) is 32.6 Å². The summed E-state index contributed by atoms with van der Waals surface area (Å²) in [5, 5.41) is 17.5. The molecule has 27 heavy (non-hydrogen) atoms. The molecule has 6 nitrogen and oxygen atoms in total. The van der Waals surface area contributed by atoms with Gasteiger partial charge < -0.3 is 25.4 Å². The molecule has 2 aliphatic heterocycles. The Bertz CT molecular complexity index is 579. The summed E-state index contributed by atoms with van der Waals surface area (Å²) in [6.45, 7) is 6.58. The molecule has 1 atom stereocenters. The van der Waals surface area contributed by atoms with Crippen LogP contribution in [0.25, 0.3) is 0 Å². The fourth-order valence-corrected chi connectivity index (χ4v) is 3.62. The number of anilines is 1. The maximum absolute atomic E-state index is 10.6. The number of aliphatic imine (C=N–C) groups is 1. The van der Waals surface area contributed by atoms with Crippen LogP contribution in [-0.2, 0) is 4.74 Å². The maximum Gasteiger partial charge on any atom is 0.191 e. The molecule has 1 aromatic rings. The molecule has 0 bridgehead atoms. The molecule has 1 aromatic carbocycles. The predicted molar refractivity (Wildman–Crippen MR) is 121 cm³/mol. The van der Waals surface area contributed by atoms with Gasteiger partial charge in [-0.1, -0.05) is 18.2 Å². The van der Waals surface area contributed by atoms with E-state index in [2.05, 4.69) is 57.8 Å². The van der Waals surface area contributed by atoms with Gasteiger partial charge in [-0.3, -0.25) is 4.99 Å². The fraction of sp³-hybridized carbons (Fsp3) is 0.650. The highest BCUT2D eigenvalue weighted by Gasteiger charge is 2.30. The molecular formula is C20H33IN4O2. The third kappa shape index (κ3) is 6.80. The van der Waals surface area contributed by atoms with Crippen LogP contribution in [0.4, 0.5) is 5.69 Å². The first kappa shape index (κ1) is 22.2. The molecule has 0 amide bonds. The second-order valence-corrected chi connectivity index (χ2v) is 7.30. The quantitative estimate of drug-likeness (QED) is 0.338. The van der Waals surface area contributed by atoms with Gasteiger partial charge in [-0.2, -0.15) is 0 Å². The zero-order valence-corrected chi connectivity index (χ0v) is 18.5. The summed E-state index contributed by atoms with van der Waals surface area (Å²) in [7, 11) is 0. The summed E-state index contributed by atoms with van der Waals surface area (Å²) in [5.41, 5.74) is 0.543. The Kier molecular flexibility index (Phi) is 9.11. The van der Waals surface area contributed by atoms with Gasteiger partial charge in [0.1, 0.15) is 0 Å².